The van der Waals surface area contributed by atoms with Crippen LogP contribution >= 0.6 is 0 Å². The molecule has 1 amide bonds. The molecule has 24 heavy (non-hydrogen) atoms. The Morgan fingerprint density at radius 1 is 1.12 bits per heavy atom. The van der Waals surface area contributed by atoms with Gasteiger partial charge in [0.15, 0.2) is 0 Å². The first kappa shape index (κ1) is 16.6. The van der Waals surface area contributed by atoms with Gasteiger partial charge in [0, 0.05) is 37.0 Å². The fraction of sp³-hybridized carbons (Fsp3) is 0.316. The molecule has 0 aromatic heterocycles. The maximum absolute atomic E-state index is 13.9. The van der Waals surface area contributed by atoms with Gasteiger partial charge in [0.2, 0.25) is 5.91 Å². The summed E-state index contributed by atoms with van der Waals surface area (Å²) in [6.07, 6.45) is 0. The van der Waals surface area contributed by atoms with Gasteiger partial charge in [-0.2, -0.15) is 0 Å². The minimum absolute atomic E-state index is 0.00521. The normalized spacial score (nSPS) is 18.9. The van der Waals surface area contributed by atoms with E-state index >= 15 is 0 Å². The Morgan fingerprint density at radius 3 is 2.62 bits per heavy atom. The van der Waals surface area contributed by atoms with Crippen LogP contribution in [0.3, 0.4) is 0 Å². The standard InChI is InChI=1S/C19H20F2N2O/c1-13-4-3-5-17(10-13)23-9-8-22(14(2)19(23)24)12-15-6-7-16(20)11-18(15)21/h3-7,10-11,14H,8-9,12H2,1-2H3/t14-/m0/s1. The molecule has 0 unspecified atom stereocenters. The Bertz CT molecular complexity index is 763. The molecule has 0 aliphatic carbocycles. The fourth-order valence-corrected chi connectivity index (χ4v) is 3.05. The van der Waals surface area contributed by atoms with E-state index in [1.54, 1.807) is 4.90 Å². The van der Waals surface area contributed by atoms with Crippen LogP contribution in [0.2, 0.25) is 0 Å². The van der Waals surface area contributed by atoms with E-state index in [0.717, 1.165) is 17.3 Å². The Kier molecular flexibility index (Phi) is 4.62. The summed E-state index contributed by atoms with van der Waals surface area (Å²) in [4.78, 5) is 16.4. The average molecular weight is 330 g/mol. The number of anilines is 1. The summed E-state index contributed by atoms with van der Waals surface area (Å²) in [5.41, 5.74) is 2.39. The Labute approximate surface area is 140 Å². The molecule has 3 rings (SSSR count). The number of aryl methyl sites for hydroxylation is 1. The number of carbonyl (C=O) groups excluding carboxylic acids is 1. The van der Waals surface area contributed by atoms with E-state index in [4.69, 9.17) is 0 Å². The zero-order valence-corrected chi connectivity index (χ0v) is 13.8. The van der Waals surface area contributed by atoms with E-state index in [1.165, 1.54) is 12.1 Å². The lowest BCUT2D eigenvalue weighted by atomic mass is 10.1. The number of benzene rings is 2. The average Bonchev–Trinajstić information content (AvgIpc) is 2.54. The van der Waals surface area contributed by atoms with Crippen LogP contribution in [0.25, 0.3) is 0 Å². The Morgan fingerprint density at radius 2 is 1.92 bits per heavy atom. The van der Waals surface area contributed by atoms with Gasteiger partial charge in [-0.05, 0) is 37.6 Å². The summed E-state index contributed by atoms with van der Waals surface area (Å²) in [5, 5.41) is 0. The first-order valence-corrected chi connectivity index (χ1v) is 8.02. The second kappa shape index (κ2) is 6.69. The molecule has 2 aromatic rings. The van der Waals surface area contributed by atoms with Crippen LogP contribution in [0.15, 0.2) is 42.5 Å². The molecule has 0 N–H and O–H groups in total. The zero-order valence-electron chi connectivity index (χ0n) is 13.8. The molecule has 1 heterocycles. The largest absolute Gasteiger partial charge is 0.310 e. The predicted octanol–water partition coefficient (Wildman–Crippen LogP) is 3.51. The molecule has 2 aromatic carbocycles. The van der Waals surface area contributed by atoms with Crippen molar-refractivity contribution >= 4 is 11.6 Å². The number of hydrogen-bond donors (Lipinski definition) is 0. The summed E-state index contributed by atoms with van der Waals surface area (Å²) in [6.45, 7) is 5.30. The number of carbonyl (C=O) groups is 1. The van der Waals surface area contributed by atoms with Gasteiger partial charge in [0.25, 0.3) is 0 Å². The number of amides is 1. The Hall–Kier alpha value is -2.27. The highest BCUT2D eigenvalue weighted by Crippen LogP contribution is 2.23. The van der Waals surface area contributed by atoms with Crippen LogP contribution in [-0.4, -0.2) is 29.9 Å². The number of halogens is 2. The maximum Gasteiger partial charge on any atom is 0.244 e. The number of hydrogen-bond acceptors (Lipinski definition) is 2. The highest BCUT2D eigenvalue weighted by atomic mass is 19.1. The van der Waals surface area contributed by atoms with Crippen molar-refractivity contribution < 1.29 is 13.6 Å². The third-order valence-electron chi connectivity index (χ3n) is 4.48. The van der Waals surface area contributed by atoms with Gasteiger partial charge in [-0.3, -0.25) is 9.69 Å². The van der Waals surface area contributed by atoms with Crippen molar-refractivity contribution in [2.24, 2.45) is 0 Å². The van der Waals surface area contributed by atoms with Gasteiger partial charge in [-0.15, -0.1) is 0 Å². The molecule has 5 heteroatoms. The molecule has 0 bridgehead atoms. The van der Waals surface area contributed by atoms with Crippen LogP contribution in [0, 0.1) is 18.6 Å². The minimum Gasteiger partial charge on any atom is -0.310 e. The van der Waals surface area contributed by atoms with E-state index in [0.29, 0.717) is 25.2 Å². The lowest BCUT2D eigenvalue weighted by Crippen LogP contribution is -2.55. The second-order valence-corrected chi connectivity index (χ2v) is 6.21. The van der Waals surface area contributed by atoms with E-state index in [1.807, 2.05) is 43.0 Å². The quantitative estimate of drug-likeness (QED) is 0.860. The monoisotopic (exact) mass is 330 g/mol. The first-order valence-electron chi connectivity index (χ1n) is 8.02. The van der Waals surface area contributed by atoms with Crippen molar-refractivity contribution in [1.82, 2.24) is 4.90 Å². The van der Waals surface area contributed by atoms with E-state index in [2.05, 4.69) is 0 Å². The van der Waals surface area contributed by atoms with Crippen molar-refractivity contribution in [3.63, 3.8) is 0 Å². The van der Waals surface area contributed by atoms with E-state index < -0.39 is 11.6 Å². The van der Waals surface area contributed by atoms with Crippen LogP contribution < -0.4 is 4.90 Å². The third-order valence-corrected chi connectivity index (χ3v) is 4.48. The molecular weight excluding hydrogens is 310 g/mol. The summed E-state index contributed by atoms with van der Waals surface area (Å²) in [5.74, 6) is -1.17. The SMILES string of the molecule is Cc1cccc(N2CCN(Cc3ccc(F)cc3F)[C@@H](C)C2=O)c1. The van der Waals surface area contributed by atoms with Crippen LogP contribution in [0.4, 0.5) is 14.5 Å². The van der Waals surface area contributed by atoms with Gasteiger partial charge in [0.05, 0.1) is 6.04 Å². The van der Waals surface area contributed by atoms with Crippen molar-refractivity contribution in [2.45, 2.75) is 26.4 Å². The molecule has 0 radical (unpaired) electrons. The lowest BCUT2D eigenvalue weighted by molar-refractivity contribution is -0.125. The molecule has 1 atom stereocenters. The van der Waals surface area contributed by atoms with Gasteiger partial charge in [0.1, 0.15) is 11.6 Å². The molecule has 1 saturated heterocycles. The molecule has 0 spiro atoms. The minimum atomic E-state index is -0.593. The molecule has 1 aliphatic heterocycles. The molecule has 126 valence electrons. The van der Waals surface area contributed by atoms with Crippen molar-refractivity contribution in [3.05, 3.63) is 65.2 Å². The predicted molar refractivity (Wildman–Crippen MR) is 89.8 cm³/mol. The van der Waals surface area contributed by atoms with Crippen LogP contribution in [0.1, 0.15) is 18.1 Å². The van der Waals surface area contributed by atoms with Crippen LogP contribution in [-0.2, 0) is 11.3 Å². The van der Waals surface area contributed by atoms with Crippen molar-refractivity contribution in [3.8, 4) is 0 Å². The van der Waals surface area contributed by atoms with E-state index in [-0.39, 0.29) is 11.9 Å². The maximum atomic E-state index is 13.9. The smallest absolute Gasteiger partial charge is 0.244 e. The Balaban J connectivity index is 1.75. The molecule has 0 saturated carbocycles. The van der Waals surface area contributed by atoms with Crippen molar-refractivity contribution in [2.75, 3.05) is 18.0 Å². The fourth-order valence-electron chi connectivity index (χ4n) is 3.05. The zero-order chi connectivity index (χ0) is 17.3. The first-order chi connectivity index (χ1) is 11.5. The number of rotatable bonds is 3. The van der Waals surface area contributed by atoms with Gasteiger partial charge < -0.3 is 4.90 Å². The lowest BCUT2D eigenvalue weighted by Gasteiger charge is -2.39. The molecular formula is C19H20F2N2O. The third kappa shape index (κ3) is 3.31. The summed E-state index contributed by atoms with van der Waals surface area (Å²) in [6, 6.07) is 11.0. The highest BCUT2D eigenvalue weighted by Gasteiger charge is 2.32. The molecule has 1 aliphatic rings. The van der Waals surface area contributed by atoms with E-state index in [9.17, 15) is 13.6 Å². The van der Waals surface area contributed by atoms with Crippen LogP contribution in [0.5, 0.6) is 0 Å². The number of nitrogens with zero attached hydrogens (tertiary/aromatic N) is 2. The van der Waals surface area contributed by atoms with Gasteiger partial charge in [-0.1, -0.05) is 18.2 Å². The van der Waals surface area contributed by atoms with Crippen molar-refractivity contribution in [1.29, 1.82) is 0 Å². The number of piperazine rings is 1. The highest BCUT2D eigenvalue weighted by molar-refractivity contribution is 5.97. The summed E-state index contributed by atoms with van der Waals surface area (Å²) < 4.78 is 26.9. The topological polar surface area (TPSA) is 23.6 Å². The molecule has 3 nitrogen and oxygen atoms in total. The summed E-state index contributed by atoms with van der Waals surface area (Å²) in [7, 11) is 0. The van der Waals surface area contributed by atoms with Gasteiger partial charge in [-0.25, -0.2) is 8.78 Å². The van der Waals surface area contributed by atoms with Gasteiger partial charge >= 0.3 is 0 Å². The molecule has 1 fully saturated rings. The summed E-state index contributed by atoms with van der Waals surface area (Å²) >= 11 is 0. The second-order valence-electron chi connectivity index (χ2n) is 6.21.